The van der Waals surface area contributed by atoms with Crippen molar-refractivity contribution in [2.24, 2.45) is 5.92 Å². The van der Waals surface area contributed by atoms with E-state index in [0.717, 1.165) is 5.56 Å². The topological polar surface area (TPSA) is 182 Å². The summed E-state index contributed by atoms with van der Waals surface area (Å²) in [6.45, 7) is 4.16. The quantitative estimate of drug-likeness (QED) is 0.170. The van der Waals surface area contributed by atoms with Crippen molar-refractivity contribution in [1.82, 2.24) is 40.8 Å². The van der Waals surface area contributed by atoms with E-state index in [0.29, 0.717) is 30.8 Å². The second-order valence-electron chi connectivity index (χ2n) is 11.4. The first-order chi connectivity index (χ1) is 21.2. The van der Waals surface area contributed by atoms with Gasteiger partial charge in [0.1, 0.15) is 24.2 Å². The van der Waals surface area contributed by atoms with E-state index in [2.05, 4.69) is 35.9 Å². The standard InChI is InChI=1S/C31H39N8O5/c1-20(2)11-28(41)37-26(14-23-16-33-19-35-23)31(44)39-10-6-9-27(39)30(43)38-25(12-21-7-4-3-5-8-21)29(42)36-24(17-40)13-22-15-32-18-34-22/h3-5,7-8,15-16,18-20,24-27H,6,9-14H2,1-2H3,(H,32,34)(H,33,35)(H,36,42)(H,37,41)(H,38,43)/t24-,25-,26-,27-/m0/s1. The van der Waals surface area contributed by atoms with Gasteiger partial charge < -0.3 is 30.8 Å². The van der Waals surface area contributed by atoms with Crippen molar-refractivity contribution in [2.75, 3.05) is 6.54 Å². The van der Waals surface area contributed by atoms with Gasteiger partial charge >= 0.3 is 0 Å². The summed E-state index contributed by atoms with van der Waals surface area (Å²) in [5, 5.41) is 8.33. The Bertz CT molecular complexity index is 1380. The monoisotopic (exact) mass is 603 g/mol. The highest BCUT2D eigenvalue weighted by atomic mass is 16.2. The molecule has 13 heteroatoms. The summed E-state index contributed by atoms with van der Waals surface area (Å²) in [7, 11) is 0. The number of carbonyl (C=O) groups excluding carboxylic acids is 5. The van der Waals surface area contributed by atoms with Crippen LogP contribution in [0.3, 0.4) is 0 Å². The Kier molecular flexibility index (Phi) is 11.4. The van der Waals surface area contributed by atoms with Gasteiger partial charge in [-0.1, -0.05) is 44.2 Å². The lowest BCUT2D eigenvalue weighted by Gasteiger charge is -2.30. The van der Waals surface area contributed by atoms with Crippen molar-refractivity contribution in [3.63, 3.8) is 0 Å². The summed E-state index contributed by atoms with van der Waals surface area (Å²) in [5.41, 5.74) is 1.98. The van der Waals surface area contributed by atoms with E-state index >= 15 is 0 Å². The lowest BCUT2D eigenvalue weighted by Crippen LogP contribution is -2.57. The number of amides is 4. The van der Waals surface area contributed by atoms with Crippen molar-refractivity contribution >= 4 is 29.9 Å². The molecule has 3 heterocycles. The molecule has 0 unspecified atom stereocenters. The number of benzene rings is 1. The molecule has 44 heavy (non-hydrogen) atoms. The molecule has 1 aliphatic heterocycles. The number of likely N-dealkylation sites (tertiary alicyclic amines) is 1. The summed E-state index contributed by atoms with van der Waals surface area (Å²) in [6.07, 6.45) is 9.79. The molecule has 4 atom stereocenters. The Hall–Kier alpha value is -4.81. The fourth-order valence-electron chi connectivity index (χ4n) is 5.27. The summed E-state index contributed by atoms with van der Waals surface area (Å²) >= 11 is 0. The average Bonchev–Trinajstić information content (AvgIpc) is 3.79. The summed E-state index contributed by atoms with van der Waals surface area (Å²) < 4.78 is 0. The Labute approximate surface area is 256 Å². The van der Waals surface area contributed by atoms with Gasteiger partial charge in [0.25, 0.3) is 0 Å². The van der Waals surface area contributed by atoms with E-state index in [1.165, 1.54) is 17.6 Å². The highest BCUT2D eigenvalue weighted by Crippen LogP contribution is 2.20. The van der Waals surface area contributed by atoms with Crippen LogP contribution < -0.4 is 16.0 Å². The van der Waals surface area contributed by atoms with E-state index in [1.54, 1.807) is 12.4 Å². The van der Waals surface area contributed by atoms with Crippen LogP contribution in [-0.2, 0) is 43.2 Å². The van der Waals surface area contributed by atoms with Crippen molar-refractivity contribution < 1.29 is 24.0 Å². The minimum absolute atomic E-state index is 0.102. The van der Waals surface area contributed by atoms with Gasteiger partial charge in [-0.2, -0.15) is 0 Å². The van der Waals surface area contributed by atoms with E-state index in [9.17, 15) is 24.0 Å². The maximum absolute atomic E-state index is 13.8. The van der Waals surface area contributed by atoms with Crippen molar-refractivity contribution in [2.45, 2.75) is 76.5 Å². The van der Waals surface area contributed by atoms with Crippen LogP contribution in [0.2, 0.25) is 0 Å². The molecule has 1 saturated heterocycles. The molecule has 1 aliphatic rings. The maximum Gasteiger partial charge on any atom is 0.246 e. The Morgan fingerprint density at radius 2 is 1.61 bits per heavy atom. The van der Waals surface area contributed by atoms with Gasteiger partial charge in [0.05, 0.1) is 24.0 Å². The zero-order chi connectivity index (χ0) is 31.5. The third kappa shape index (κ3) is 9.09. The van der Waals surface area contributed by atoms with Gasteiger partial charge in [-0.25, -0.2) is 9.97 Å². The molecule has 0 aliphatic carbocycles. The molecule has 13 nitrogen and oxygen atoms in total. The van der Waals surface area contributed by atoms with Crippen LogP contribution in [0.5, 0.6) is 0 Å². The zero-order valence-electron chi connectivity index (χ0n) is 24.9. The van der Waals surface area contributed by atoms with Gasteiger partial charge in [0.2, 0.25) is 29.9 Å². The van der Waals surface area contributed by atoms with Gasteiger partial charge in [0.15, 0.2) is 0 Å². The van der Waals surface area contributed by atoms with Gasteiger partial charge in [-0.15, -0.1) is 0 Å². The van der Waals surface area contributed by atoms with Crippen molar-refractivity contribution in [3.05, 3.63) is 72.3 Å². The van der Waals surface area contributed by atoms with Crippen LogP contribution in [0.1, 0.15) is 50.1 Å². The van der Waals surface area contributed by atoms with Crippen LogP contribution in [-0.4, -0.2) is 85.5 Å². The number of hydrogen-bond acceptors (Lipinski definition) is 7. The normalized spacial score (nSPS) is 16.6. The molecule has 3 aromatic rings. The molecule has 233 valence electrons. The molecule has 2 aromatic heterocycles. The first kappa shape index (κ1) is 32.1. The number of H-pyrrole nitrogens is 2. The van der Waals surface area contributed by atoms with Gasteiger partial charge in [-0.3, -0.25) is 24.0 Å². The second-order valence-corrected chi connectivity index (χ2v) is 11.4. The van der Waals surface area contributed by atoms with Crippen LogP contribution in [0.15, 0.2) is 55.4 Å². The highest BCUT2D eigenvalue weighted by molar-refractivity contribution is 5.95. The number of imidazole rings is 2. The first-order valence-corrected chi connectivity index (χ1v) is 14.8. The zero-order valence-corrected chi connectivity index (χ0v) is 24.9. The maximum atomic E-state index is 13.8. The summed E-state index contributed by atoms with van der Waals surface area (Å²) in [5.74, 6) is -1.59. The Balaban J connectivity index is 1.49. The molecule has 5 N–H and O–H groups in total. The number of rotatable bonds is 15. The lowest BCUT2D eigenvalue weighted by atomic mass is 10.0. The molecule has 4 amide bonds. The molecular formula is C31H39N8O5. The van der Waals surface area contributed by atoms with Crippen LogP contribution >= 0.6 is 0 Å². The lowest BCUT2D eigenvalue weighted by molar-refractivity contribution is -0.142. The van der Waals surface area contributed by atoms with E-state index in [4.69, 9.17) is 0 Å². The molecular weight excluding hydrogens is 564 g/mol. The first-order valence-electron chi connectivity index (χ1n) is 14.8. The Morgan fingerprint density at radius 1 is 0.932 bits per heavy atom. The van der Waals surface area contributed by atoms with Crippen LogP contribution in [0, 0.1) is 5.92 Å². The summed E-state index contributed by atoms with van der Waals surface area (Å²) in [4.78, 5) is 80.7. The number of nitrogens with one attached hydrogen (secondary N) is 5. The van der Waals surface area contributed by atoms with Crippen molar-refractivity contribution in [1.29, 1.82) is 0 Å². The smallest absolute Gasteiger partial charge is 0.246 e. The van der Waals surface area contributed by atoms with Crippen LogP contribution in [0.4, 0.5) is 0 Å². The fraction of sp³-hybridized carbons (Fsp3) is 0.452. The fourth-order valence-corrected chi connectivity index (χ4v) is 5.27. The van der Waals surface area contributed by atoms with Crippen molar-refractivity contribution in [3.8, 4) is 0 Å². The molecule has 1 fully saturated rings. The number of nitrogens with zero attached hydrogens (tertiary/aromatic N) is 3. The molecule has 4 rings (SSSR count). The van der Waals surface area contributed by atoms with Gasteiger partial charge in [-0.05, 0) is 24.3 Å². The summed E-state index contributed by atoms with van der Waals surface area (Å²) in [6, 6.07) is 5.44. The van der Waals surface area contributed by atoms with E-state index < -0.39 is 36.0 Å². The van der Waals surface area contributed by atoms with E-state index in [-0.39, 0.29) is 43.4 Å². The molecule has 1 aromatic carbocycles. The minimum atomic E-state index is -1.02. The minimum Gasteiger partial charge on any atom is -0.351 e. The van der Waals surface area contributed by atoms with E-state index in [1.807, 2.05) is 50.5 Å². The molecule has 0 saturated carbocycles. The number of hydrogen-bond donors (Lipinski definition) is 5. The number of aromatic nitrogens is 4. The largest absolute Gasteiger partial charge is 0.351 e. The SMILES string of the molecule is CC(C)CC(=O)N[C@@H](Cc1c[nH]cn1)C(=O)N1CCC[C@H]1C(=O)N[C@@H](Cc1ccccc1)C(=O)N[C@H]([C]=O)Cc1c[nH]cn1. The Morgan fingerprint density at radius 3 is 2.23 bits per heavy atom. The third-order valence-corrected chi connectivity index (χ3v) is 7.38. The average molecular weight is 604 g/mol. The predicted octanol–water partition coefficient (Wildman–Crippen LogP) is 0.762. The number of carbonyl (C=O) groups is 4. The third-order valence-electron chi connectivity index (χ3n) is 7.38. The molecule has 0 spiro atoms. The highest BCUT2D eigenvalue weighted by Gasteiger charge is 2.39. The predicted molar refractivity (Wildman–Crippen MR) is 160 cm³/mol. The van der Waals surface area contributed by atoms with Crippen LogP contribution in [0.25, 0.3) is 0 Å². The molecule has 1 radical (unpaired) electrons. The molecule has 0 bridgehead atoms. The number of aromatic amines is 2. The second kappa shape index (κ2) is 15.6. The van der Waals surface area contributed by atoms with Gasteiger partial charge in [0, 0.05) is 44.6 Å².